The van der Waals surface area contributed by atoms with Gasteiger partial charge in [0.15, 0.2) is 23.1 Å². The molecule has 0 aromatic heterocycles. The van der Waals surface area contributed by atoms with Crippen molar-refractivity contribution in [3.05, 3.63) is 56.3 Å². The number of benzene rings is 2. The lowest BCUT2D eigenvalue weighted by molar-refractivity contribution is -0.385. The van der Waals surface area contributed by atoms with Crippen molar-refractivity contribution in [1.29, 1.82) is 0 Å². The van der Waals surface area contributed by atoms with E-state index < -0.39 is 10.7 Å². The van der Waals surface area contributed by atoms with Gasteiger partial charge in [0, 0.05) is 16.1 Å². The van der Waals surface area contributed by atoms with Gasteiger partial charge in [-0.05, 0) is 18.2 Å². The number of halogens is 2. The Hall–Kier alpha value is -2.35. The number of nitro groups is 1. The Morgan fingerprint density at radius 1 is 1.27 bits per heavy atom. The molecule has 0 aliphatic carbocycles. The van der Waals surface area contributed by atoms with Crippen LogP contribution in [0.15, 0.2) is 34.8 Å². The standard InChI is InChI=1S/C14H9BrFNO5/c15-10-5-14-13(21-7-22-14)3-8(10)6-20-12-2-1-9(17(18)19)4-11(12)16/h1-5H,6-7H2. The summed E-state index contributed by atoms with van der Waals surface area (Å²) in [6.45, 7) is 0.231. The highest BCUT2D eigenvalue weighted by Crippen LogP contribution is 2.37. The summed E-state index contributed by atoms with van der Waals surface area (Å²) in [5.74, 6) is 0.365. The van der Waals surface area contributed by atoms with Crippen molar-refractivity contribution in [2.75, 3.05) is 6.79 Å². The molecule has 0 fully saturated rings. The van der Waals surface area contributed by atoms with E-state index in [-0.39, 0.29) is 24.8 Å². The second-order valence-electron chi connectivity index (χ2n) is 4.46. The summed E-state index contributed by atoms with van der Waals surface area (Å²) in [4.78, 5) is 9.90. The maximum Gasteiger partial charge on any atom is 0.272 e. The molecule has 0 radical (unpaired) electrons. The first kappa shape index (κ1) is 14.6. The first-order valence-corrected chi connectivity index (χ1v) is 6.98. The molecule has 0 atom stereocenters. The second kappa shape index (κ2) is 5.80. The third-order valence-corrected chi connectivity index (χ3v) is 3.79. The number of nitro benzene ring substituents is 1. The SMILES string of the molecule is O=[N+]([O-])c1ccc(OCc2cc3c(cc2Br)OCO3)c(F)c1. The predicted octanol–water partition coefficient (Wildman–Crippen LogP) is 3.80. The van der Waals surface area contributed by atoms with Crippen molar-refractivity contribution in [2.24, 2.45) is 0 Å². The molecule has 3 rings (SSSR count). The molecule has 0 saturated heterocycles. The molecule has 22 heavy (non-hydrogen) atoms. The normalized spacial score (nSPS) is 12.3. The summed E-state index contributed by atoms with van der Waals surface area (Å²) < 4.78 is 30.4. The Balaban J connectivity index is 1.77. The summed E-state index contributed by atoms with van der Waals surface area (Å²) in [5, 5.41) is 10.6. The molecule has 6 nitrogen and oxygen atoms in total. The van der Waals surface area contributed by atoms with Crippen LogP contribution in [-0.4, -0.2) is 11.7 Å². The highest BCUT2D eigenvalue weighted by atomic mass is 79.9. The van der Waals surface area contributed by atoms with E-state index in [1.807, 2.05) is 0 Å². The number of non-ortho nitro benzene ring substituents is 1. The number of hydrogen-bond donors (Lipinski definition) is 0. The minimum absolute atomic E-state index is 0.0600. The molecule has 1 heterocycles. The minimum Gasteiger partial charge on any atom is -0.486 e. The van der Waals surface area contributed by atoms with Gasteiger partial charge in [0.2, 0.25) is 6.79 Å². The molecular weight excluding hydrogens is 361 g/mol. The van der Waals surface area contributed by atoms with Crippen LogP contribution < -0.4 is 14.2 Å². The van der Waals surface area contributed by atoms with Crippen LogP contribution in [0, 0.1) is 15.9 Å². The van der Waals surface area contributed by atoms with Gasteiger partial charge in [-0.3, -0.25) is 10.1 Å². The molecule has 0 N–H and O–H groups in total. The van der Waals surface area contributed by atoms with E-state index in [2.05, 4.69) is 15.9 Å². The maximum atomic E-state index is 13.7. The van der Waals surface area contributed by atoms with E-state index in [9.17, 15) is 14.5 Å². The number of hydrogen-bond acceptors (Lipinski definition) is 5. The van der Waals surface area contributed by atoms with Gasteiger partial charge in [0.05, 0.1) is 11.0 Å². The van der Waals surface area contributed by atoms with Crippen LogP contribution >= 0.6 is 15.9 Å². The summed E-state index contributed by atoms with van der Waals surface area (Å²) in [7, 11) is 0. The number of ether oxygens (including phenoxy) is 3. The predicted molar refractivity (Wildman–Crippen MR) is 77.7 cm³/mol. The zero-order valence-corrected chi connectivity index (χ0v) is 12.6. The van der Waals surface area contributed by atoms with Gasteiger partial charge in [-0.15, -0.1) is 0 Å². The molecule has 1 aliphatic heterocycles. The summed E-state index contributed by atoms with van der Waals surface area (Å²) in [5.41, 5.74) is 0.413. The van der Waals surface area contributed by atoms with E-state index in [4.69, 9.17) is 14.2 Å². The van der Waals surface area contributed by atoms with Crippen molar-refractivity contribution in [3.63, 3.8) is 0 Å². The smallest absolute Gasteiger partial charge is 0.272 e. The Morgan fingerprint density at radius 2 is 2.00 bits per heavy atom. The Morgan fingerprint density at radius 3 is 2.68 bits per heavy atom. The molecule has 114 valence electrons. The van der Waals surface area contributed by atoms with Crippen molar-refractivity contribution >= 4 is 21.6 Å². The summed E-state index contributed by atoms with van der Waals surface area (Å²) in [6, 6.07) is 6.72. The quantitative estimate of drug-likeness (QED) is 0.605. The van der Waals surface area contributed by atoms with Crippen LogP contribution in [0.4, 0.5) is 10.1 Å². The zero-order chi connectivity index (χ0) is 15.7. The first-order valence-electron chi connectivity index (χ1n) is 6.19. The lowest BCUT2D eigenvalue weighted by Crippen LogP contribution is -1.99. The molecule has 0 saturated carbocycles. The van der Waals surface area contributed by atoms with E-state index in [0.717, 1.165) is 16.1 Å². The average molecular weight is 370 g/mol. The van der Waals surface area contributed by atoms with E-state index in [1.54, 1.807) is 12.1 Å². The van der Waals surface area contributed by atoms with Gasteiger partial charge in [0.1, 0.15) is 6.61 Å². The van der Waals surface area contributed by atoms with Crippen LogP contribution in [0.5, 0.6) is 17.2 Å². The van der Waals surface area contributed by atoms with E-state index in [1.165, 1.54) is 12.1 Å². The Kier molecular flexibility index (Phi) is 3.84. The van der Waals surface area contributed by atoms with Crippen LogP contribution in [0.3, 0.4) is 0 Å². The topological polar surface area (TPSA) is 70.8 Å². The lowest BCUT2D eigenvalue weighted by Gasteiger charge is -2.09. The van der Waals surface area contributed by atoms with Crippen LogP contribution in [0.2, 0.25) is 0 Å². The molecule has 8 heteroatoms. The third kappa shape index (κ3) is 2.82. The Labute approximate surface area is 132 Å². The van der Waals surface area contributed by atoms with Crippen molar-refractivity contribution in [3.8, 4) is 17.2 Å². The molecule has 2 aromatic carbocycles. The van der Waals surface area contributed by atoms with Gasteiger partial charge in [-0.2, -0.15) is 0 Å². The zero-order valence-electron chi connectivity index (χ0n) is 11.0. The fourth-order valence-corrected chi connectivity index (χ4v) is 2.38. The molecule has 2 aromatic rings. The van der Waals surface area contributed by atoms with Crippen molar-refractivity contribution in [2.45, 2.75) is 6.61 Å². The number of rotatable bonds is 4. The van der Waals surface area contributed by atoms with Gasteiger partial charge in [-0.1, -0.05) is 15.9 Å². The molecule has 0 amide bonds. The molecule has 0 unspecified atom stereocenters. The van der Waals surface area contributed by atoms with Gasteiger partial charge in [-0.25, -0.2) is 4.39 Å². The monoisotopic (exact) mass is 369 g/mol. The third-order valence-electron chi connectivity index (χ3n) is 3.05. The minimum atomic E-state index is -0.786. The van der Waals surface area contributed by atoms with Gasteiger partial charge in [0.25, 0.3) is 5.69 Å². The number of fused-ring (bicyclic) bond motifs is 1. The molecule has 1 aliphatic rings. The first-order chi connectivity index (χ1) is 10.5. The van der Waals surface area contributed by atoms with Crippen molar-refractivity contribution in [1.82, 2.24) is 0 Å². The average Bonchev–Trinajstić information content (AvgIpc) is 2.92. The largest absolute Gasteiger partial charge is 0.486 e. The Bertz CT molecular complexity index is 752. The maximum absolute atomic E-state index is 13.7. The van der Waals surface area contributed by atoms with E-state index in [0.29, 0.717) is 11.5 Å². The second-order valence-corrected chi connectivity index (χ2v) is 5.31. The highest BCUT2D eigenvalue weighted by molar-refractivity contribution is 9.10. The van der Waals surface area contributed by atoms with Crippen LogP contribution in [0.1, 0.15) is 5.56 Å². The lowest BCUT2D eigenvalue weighted by atomic mass is 10.2. The van der Waals surface area contributed by atoms with Crippen LogP contribution in [0.25, 0.3) is 0 Å². The molecule has 0 spiro atoms. The fraction of sp³-hybridized carbons (Fsp3) is 0.143. The number of nitrogens with zero attached hydrogens (tertiary/aromatic N) is 1. The van der Waals surface area contributed by atoms with E-state index >= 15 is 0 Å². The molecular formula is C14H9BrFNO5. The highest BCUT2D eigenvalue weighted by Gasteiger charge is 2.17. The summed E-state index contributed by atoms with van der Waals surface area (Å²) >= 11 is 3.37. The van der Waals surface area contributed by atoms with Crippen molar-refractivity contribution < 1.29 is 23.5 Å². The fourth-order valence-electron chi connectivity index (χ4n) is 1.95. The summed E-state index contributed by atoms with van der Waals surface area (Å²) in [6.07, 6.45) is 0. The van der Waals surface area contributed by atoms with Crippen LogP contribution in [-0.2, 0) is 6.61 Å². The van der Waals surface area contributed by atoms with Gasteiger partial charge < -0.3 is 14.2 Å². The molecule has 0 bridgehead atoms. The van der Waals surface area contributed by atoms with Gasteiger partial charge >= 0.3 is 0 Å².